The lowest BCUT2D eigenvalue weighted by Gasteiger charge is -2.18. The number of allylic oxidation sites excluding steroid dienone is 1. The van der Waals surface area contributed by atoms with Gasteiger partial charge in [0.25, 0.3) is 5.91 Å². The number of amides is 1. The van der Waals surface area contributed by atoms with Gasteiger partial charge in [0, 0.05) is 17.8 Å². The van der Waals surface area contributed by atoms with Crippen LogP contribution in [-0.2, 0) is 20.7 Å². The smallest absolute Gasteiger partial charge is 0.340 e. The van der Waals surface area contributed by atoms with Gasteiger partial charge in [0.05, 0.1) is 32.5 Å². The maximum atomic E-state index is 13.2. The van der Waals surface area contributed by atoms with Crippen molar-refractivity contribution < 1.29 is 23.8 Å². The summed E-state index contributed by atoms with van der Waals surface area (Å²) in [6.07, 6.45) is 2.33. The Bertz CT molecular complexity index is 1000. The van der Waals surface area contributed by atoms with E-state index in [4.69, 9.17) is 14.2 Å². The Morgan fingerprint density at radius 1 is 1.00 bits per heavy atom. The average molecular weight is 407 g/mol. The molecule has 0 saturated heterocycles. The Hall–Kier alpha value is -3.54. The van der Waals surface area contributed by atoms with Gasteiger partial charge in [-0.2, -0.15) is 0 Å². The van der Waals surface area contributed by atoms with Crippen LogP contribution in [0.15, 0.2) is 65.4 Å². The lowest BCUT2D eigenvalue weighted by atomic mass is 10.0. The molecule has 6 heteroatoms. The molecule has 0 radical (unpaired) electrons. The molecule has 2 aromatic rings. The number of esters is 1. The van der Waals surface area contributed by atoms with E-state index in [1.165, 1.54) is 7.11 Å². The summed E-state index contributed by atoms with van der Waals surface area (Å²) in [5.74, 6) is 0.639. The van der Waals surface area contributed by atoms with E-state index in [1.807, 2.05) is 48.5 Å². The monoisotopic (exact) mass is 407 g/mol. The summed E-state index contributed by atoms with van der Waals surface area (Å²) in [5.41, 5.74) is 2.95. The molecule has 1 aliphatic heterocycles. The van der Waals surface area contributed by atoms with E-state index in [9.17, 15) is 9.59 Å². The van der Waals surface area contributed by atoms with E-state index in [0.717, 1.165) is 16.9 Å². The van der Waals surface area contributed by atoms with Crippen molar-refractivity contribution in [1.82, 2.24) is 4.90 Å². The predicted octanol–water partition coefficient (Wildman–Crippen LogP) is 3.62. The quantitative estimate of drug-likeness (QED) is 0.518. The number of ether oxygens (including phenoxy) is 3. The third kappa shape index (κ3) is 4.22. The van der Waals surface area contributed by atoms with Crippen molar-refractivity contribution in [3.8, 4) is 11.5 Å². The Labute approximate surface area is 176 Å². The molecule has 0 aromatic heterocycles. The summed E-state index contributed by atoms with van der Waals surface area (Å²) in [4.78, 5) is 27.3. The summed E-state index contributed by atoms with van der Waals surface area (Å²) in [5, 5.41) is 0. The van der Waals surface area contributed by atoms with Crippen LogP contribution in [-0.4, -0.2) is 44.7 Å². The van der Waals surface area contributed by atoms with Crippen molar-refractivity contribution in [2.45, 2.75) is 13.3 Å². The second-order valence-electron chi connectivity index (χ2n) is 6.81. The fraction of sp³-hybridized carbons (Fsp3) is 0.250. The van der Waals surface area contributed by atoms with Crippen LogP contribution in [0.1, 0.15) is 18.1 Å². The number of hydrogen-bond acceptors (Lipinski definition) is 5. The Morgan fingerprint density at radius 2 is 1.70 bits per heavy atom. The number of methoxy groups -OCH3 is 3. The molecule has 0 fully saturated rings. The SMILES string of the molecule is COC(=O)C1=C(C)N(CCc2ccc(OC)cc2)C(=O)/C1=C\c1ccccc1OC. The minimum absolute atomic E-state index is 0.229. The van der Waals surface area contributed by atoms with Gasteiger partial charge >= 0.3 is 5.97 Å². The molecule has 0 atom stereocenters. The van der Waals surface area contributed by atoms with Crippen LogP contribution in [0.3, 0.4) is 0 Å². The van der Waals surface area contributed by atoms with Gasteiger partial charge in [0.1, 0.15) is 11.5 Å². The first-order valence-corrected chi connectivity index (χ1v) is 9.59. The standard InChI is InChI=1S/C24H25NO5/c1-16-22(24(27)30-4)20(15-18-7-5-6-8-21(18)29-3)23(26)25(16)14-13-17-9-11-19(28-2)12-10-17/h5-12,15H,13-14H2,1-4H3/b20-15-. The minimum Gasteiger partial charge on any atom is -0.497 e. The first kappa shape index (κ1) is 21.2. The number of rotatable bonds is 7. The Morgan fingerprint density at radius 3 is 2.33 bits per heavy atom. The van der Waals surface area contributed by atoms with Gasteiger partial charge in [0.2, 0.25) is 0 Å². The molecule has 6 nitrogen and oxygen atoms in total. The summed E-state index contributed by atoms with van der Waals surface area (Å²) in [6, 6.07) is 15.0. The Kier molecular flexibility index (Phi) is 6.57. The zero-order valence-electron chi connectivity index (χ0n) is 17.6. The van der Waals surface area contributed by atoms with Gasteiger partial charge in [-0.15, -0.1) is 0 Å². The fourth-order valence-corrected chi connectivity index (χ4v) is 3.47. The summed E-state index contributed by atoms with van der Waals surface area (Å²) in [6.45, 7) is 2.21. The topological polar surface area (TPSA) is 65.1 Å². The zero-order chi connectivity index (χ0) is 21.7. The maximum Gasteiger partial charge on any atom is 0.340 e. The van der Waals surface area contributed by atoms with Crippen LogP contribution in [0.4, 0.5) is 0 Å². The number of para-hydroxylation sites is 1. The van der Waals surface area contributed by atoms with E-state index >= 15 is 0 Å². The van der Waals surface area contributed by atoms with E-state index in [0.29, 0.717) is 30.0 Å². The van der Waals surface area contributed by atoms with Gasteiger partial charge < -0.3 is 19.1 Å². The molecule has 0 aliphatic carbocycles. The molecule has 0 unspecified atom stereocenters. The molecule has 1 heterocycles. The lowest BCUT2D eigenvalue weighted by molar-refractivity contribution is -0.136. The van der Waals surface area contributed by atoms with Crippen molar-refractivity contribution in [2.24, 2.45) is 0 Å². The number of carbonyl (C=O) groups is 2. The molecular formula is C24H25NO5. The summed E-state index contributed by atoms with van der Waals surface area (Å²) >= 11 is 0. The zero-order valence-corrected chi connectivity index (χ0v) is 17.6. The predicted molar refractivity (Wildman–Crippen MR) is 114 cm³/mol. The molecule has 30 heavy (non-hydrogen) atoms. The van der Waals surface area contributed by atoms with Crippen molar-refractivity contribution in [2.75, 3.05) is 27.9 Å². The van der Waals surface area contributed by atoms with Crippen LogP contribution >= 0.6 is 0 Å². The van der Waals surface area contributed by atoms with Crippen molar-refractivity contribution >= 4 is 18.0 Å². The highest BCUT2D eigenvalue weighted by Gasteiger charge is 2.36. The molecule has 0 spiro atoms. The van der Waals surface area contributed by atoms with Gasteiger partial charge in [-0.05, 0) is 43.2 Å². The van der Waals surface area contributed by atoms with E-state index in [1.54, 1.807) is 32.1 Å². The lowest BCUT2D eigenvalue weighted by Crippen LogP contribution is -2.27. The van der Waals surface area contributed by atoms with Gasteiger partial charge in [-0.3, -0.25) is 4.79 Å². The molecule has 0 N–H and O–H groups in total. The van der Waals surface area contributed by atoms with E-state index < -0.39 is 5.97 Å². The molecular weight excluding hydrogens is 382 g/mol. The van der Waals surface area contributed by atoms with Crippen molar-refractivity contribution in [1.29, 1.82) is 0 Å². The van der Waals surface area contributed by atoms with Gasteiger partial charge in [-0.1, -0.05) is 30.3 Å². The third-order valence-electron chi connectivity index (χ3n) is 5.12. The van der Waals surface area contributed by atoms with Crippen LogP contribution < -0.4 is 9.47 Å². The highest BCUT2D eigenvalue weighted by molar-refractivity contribution is 6.16. The normalized spacial score (nSPS) is 15.0. The first-order valence-electron chi connectivity index (χ1n) is 9.59. The summed E-state index contributed by atoms with van der Waals surface area (Å²) in [7, 11) is 4.50. The second-order valence-corrected chi connectivity index (χ2v) is 6.81. The molecule has 156 valence electrons. The fourth-order valence-electron chi connectivity index (χ4n) is 3.47. The average Bonchev–Trinajstić information content (AvgIpc) is 3.01. The number of benzene rings is 2. The van der Waals surface area contributed by atoms with Gasteiger partial charge in [-0.25, -0.2) is 4.79 Å². The number of hydrogen-bond donors (Lipinski definition) is 0. The first-order chi connectivity index (χ1) is 14.5. The highest BCUT2D eigenvalue weighted by atomic mass is 16.5. The highest BCUT2D eigenvalue weighted by Crippen LogP contribution is 2.33. The number of carbonyl (C=O) groups excluding carboxylic acids is 2. The molecule has 1 amide bonds. The van der Waals surface area contributed by atoms with Crippen molar-refractivity contribution in [3.63, 3.8) is 0 Å². The second kappa shape index (κ2) is 9.31. The Balaban J connectivity index is 1.91. The van der Waals surface area contributed by atoms with E-state index in [-0.39, 0.29) is 11.5 Å². The number of nitrogens with zero attached hydrogens (tertiary/aromatic N) is 1. The molecule has 0 saturated carbocycles. The van der Waals surface area contributed by atoms with Crippen LogP contribution in [0.2, 0.25) is 0 Å². The van der Waals surface area contributed by atoms with Crippen LogP contribution in [0.5, 0.6) is 11.5 Å². The molecule has 2 aromatic carbocycles. The largest absolute Gasteiger partial charge is 0.497 e. The summed E-state index contributed by atoms with van der Waals surface area (Å²) < 4.78 is 15.5. The third-order valence-corrected chi connectivity index (χ3v) is 5.12. The molecule has 3 rings (SSSR count). The maximum absolute atomic E-state index is 13.2. The van der Waals surface area contributed by atoms with E-state index in [2.05, 4.69) is 0 Å². The van der Waals surface area contributed by atoms with Gasteiger partial charge in [0.15, 0.2) is 0 Å². The van der Waals surface area contributed by atoms with Crippen LogP contribution in [0, 0.1) is 0 Å². The van der Waals surface area contributed by atoms with Crippen molar-refractivity contribution in [3.05, 3.63) is 76.5 Å². The van der Waals surface area contributed by atoms with Crippen LogP contribution in [0.25, 0.3) is 6.08 Å². The molecule has 0 bridgehead atoms. The molecule has 1 aliphatic rings. The minimum atomic E-state index is -0.533.